The van der Waals surface area contributed by atoms with Gasteiger partial charge in [0, 0.05) is 0 Å². The van der Waals surface area contributed by atoms with E-state index in [9.17, 15) is 4.79 Å². The fourth-order valence-corrected chi connectivity index (χ4v) is 4.01. The monoisotopic (exact) mass is 388 g/mol. The predicted molar refractivity (Wildman–Crippen MR) is 88.8 cm³/mol. The van der Waals surface area contributed by atoms with E-state index in [0.29, 0.717) is 6.61 Å². The average Bonchev–Trinajstić information content (AvgIpc) is 3.05. The minimum absolute atomic E-state index is 0.223. The highest BCUT2D eigenvalue weighted by Gasteiger charge is 2.59. The van der Waals surface area contributed by atoms with Gasteiger partial charge in [-0.15, -0.1) is 0 Å². The summed E-state index contributed by atoms with van der Waals surface area (Å²) in [6.07, 6.45) is -4.08. The summed E-state index contributed by atoms with van der Waals surface area (Å²) >= 11 is 0. The zero-order valence-electron chi connectivity index (χ0n) is 16.6. The highest BCUT2D eigenvalue weighted by molar-refractivity contribution is 5.61. The molecule has 4 rings (SSSR count). The van der Waals surface area contributed by atoms with E-state index in [1.165, 1.54) is 0 Å². The van der Waals surface area contributed by atoms with Crippen LogP contribution in [0, 0.1) is 0 Å². The van der Waals surface area contributed by atoms with E-state index in [2.05, 4.69) is 0 Å². The van der Waals surface area contributed by atoms with Crippen molar-refractivity contribution in [1.82, 2.24) is 0 Å². The summed E-state index contributed by atoms with van der Waals surface area (Å²) in [5.41, 5.74) is 0. The van der Waals surface area contributed by atoms with Crippen LogP contribution in [0.15, 0.2) is 0 Å². The van der Waals surface area contributed by atoms with Gasteiger partial charge in [-0.25, -0.2) is 4.79 Å². The molecule has 4 fully saturated rings. The average molecular weight is 388 g/mol. The molecule has 0 amide bonds. The van der Waals surface area contributed by atoms with Crippen molar-refractivity contribution in [3.8, 4) is 0 Å². The van der Waals surface area contributed by atoms with Crippen LogP contribution >= 0.6 is 0 Å². The Hall–Kier alpha value is -0.970. The molecule has 4 aliphatic heterocycles. The van der Waals surface area contributed by atoms with Gasteiger partial charge in [0.2, 0.25) is 0 Å². The Morgan fingerprint density at radius 2 is 1.15 bits per heavy atom. The summed E-state index contributed by atoms with van der Waals surface area (Å²) in [6, 6.07) is 0. The molecule has 154 valence electrons. The lowest BCUT2D eigenvalue weighted by Crippen LogP contribution is -2.63. The first kappa shape index (κ1) is 19.4. The van der Waals surface area contributed by atoms with Crippen LogP contribution in [0.4, 0.5) is 4.79 Å². The van der Waals surface area contributed by atoms with Gasteiger partial charge in [-0.3, -0.25) is 0 Å². The number of hydrogen-bond donors (Lipinski definition) is 0. The highest BCUT2D eigenvalue weighted by Crippen LogP contribution is 2.41. The molecule has 0 spiro atoms. The van der Waals surface area contributed by atoms with E-state index in [-0.39, 0.29) is 12.7 Å². The van der Waals surface area contributed by atoms with Crippen LogP contribution in [0.1, 0.15) is 41.5 Å². The van der Waals surface area contributed by atoms with Crippen molar-refractivity contribution >= 4 is 6.16 Å². The van der Waals surface area contributed by atoms with E-state index in [1.807, 2.05) is 27.7 Å². The van der Waals surface area contributed by atoms with Crippen molar-refractivity contribution in [1.29, 1.82) is 0 Å². The summed E-state index contributed by atoms with van der Waals surface area (Å²) in [4.78, 5) is 12.0. The maximum Gasteiger partial charge on any atom is 0.509 e. The van der Waals surface area contributed by atoms with Crippen LogP contribution in [-0.2, 0) is 37.9 Å². The maximum atomic E-state index is 12.0. The predicted octanol–water partition coefficient (Wildman–Crippen LogP) is 1.71. The fourth-order valence-electron chi connectivity index (χ4n) is 4.01. The molecule has 9 heteroatoms. The Bertz CT molecular complexity index is 602. The number of carbonyl (C=O) groups is 1. The molecule has 0 aromatic rings. The minimum Gasteiger partial charge on any atom is -0.426 e. The quantitative estimate of drug-likeness (QED) is 0.656. The van der Waals surface area contributed by atoms with Crippen molar-refractivity contribution in [2.45, 2.75) is 95.5 Å². The second kappa shape index (κ2) is 6.27. The normalized spacial score (nSPS) is 45.0. The summed E-state index contributed by atoms with van der Waals surface area (Å²) in [6.45, 7) is 11.5. The van der Waals surface area contributed by atoms with E-state index >= 15 is 0 Å². The molecule has 0 bridgehead atoms. The van der Waals surface area contributed by atoms with Gasteiger partial charge in [-0.1, -0.05) is 0 Å². The van der Waals surface area contributed by atoms with Crippen molar-refractivity contribution < 1.29 is 42.7 Å². The molecule has 4 saturated heterocycles. The van der Waals surface area contributed by atoms with Crippen LogP contribution < -0.4 is 0 Å². The highest BCUT2D eigenvalue weighted by atomic mass is 16.8. The Balaban J connectivity index is 1.60. The topological polar surface area (TPSA) is 90.9 Å². The van der Waals surface area contributed by atoms with Gasteiger partial charge in [0.05, 0.1) is 13.2 Å². The number of rotatable bonds is 2. The first-order valence-electron chi connectivity index (χ1n) is 9.31. The van der Waals surface area contributed by atoms with E-state index in [4.69, 9.17) is 37.9 Å². The van der Waals surface area contributed by atoms with Gasteiger partial charge < -0.3 is 37.9 Å². The lowest BCUT2D eigenvalue weighted by Gasteiger charge is -2.46. The number of carbonyl (C=O) groups excluding carboxylic acids is 1. The zero-order valence-corrected chi connectivity index (χ0v) is 16.6. The molecule has 4 aliphatic rings. The number of hydrogen-bond acceptors (Lipinski definition) is 9. The van der Waals surface area contributed by atoms with Gasteiger partial charge in [0.1, 0.15) is 24.4 Å². The minimum atomic E-state index is -0.869. The molecule has 0 radical (unpaired) electrons. The molecule has 0 aromatic heterocycles. The molecule has 0 unspecified atom stereocenters. The summed E-state index contributed by atoms with van der Waals surface area (Å²) in [5, 5.41) is 0. The first-order chi connectivity index (χ1) is 12.4. The zero-order chi connectivity index (χ0) is 19.6. The van der Waals surface area contributed by atoms with Crippen LogP contribution in [-0.4, -0.2) is 73.4 Å². The Morgan fingerprint density at radius 1 is 0.630 bits per heavy atom. The van der Waals surface area contributed by atoms with Gasteiger partial charge in [0.15, 0.2) is 29.6 Å². The molecular formula is C18H28O9. The second-order valence-electron chi connectivity index (χ2n) is 8.71. The van der Waals surface area contributed by atoms with Gasteiger partial charge in [0.25, 0.3) is 0 Å². The van der Waals surface area contributed by atoms with E-state index < -0.39 is 54.0 Å². The number of ether oxygens (including phenoxy) is 8. The van der Waals surface area contributed by atoms with Gasteiger partial charge in [-0.05, 0) is 41.5 Å². The largest absolute Gasteiger partial charge is 0.509 e. The number of cyclic esters (lactones) is 1. The van der Waals surface area contributed by atoms with Crippen molar-refractivity contribution in [2.24, 2.45) is 0 Å². The van der Waals surface area contributed by atoms with E-state index in [0.717, 1.165) is 0 Å². The van der Waals surface area contributed by atoms with E-state index in [1.54, 1.807) is 13.8 Å². The van der Waals surface area contributed by atoms with Gasteiger partial charge >= 0.3 is 6.16 Å². The summed E-state index contributed by atoms with van der Waals surface area (Å²) < 4.78 is 46.4. The fraction of sp³-hybridized carbons (Fsp3) is 0.944. The smallest absolute Gasteiger partial charge is 0.426 e. The first-order valence-corrected chi connectivity index (χ1v) is 9.31. The third-order valence-corrected chi connectivity index (χ3v) is 5.07. The third-order valence-electron chi connectivity index (χ3n) is 5.07. The van der Waals surface area contributed by atoms with Gasteiger partial charge in [-0.2, -0.15) is 0 Å². The van der Waals surface area contributed by atoms with Crippen molar-refractivity contribution in [3.63, 3.8) is 0 Å². The third kappa shape index (κ3) is 3.81. The van der Waals surface area contributed by atoms with Crippen LogP contribution in [0.25, 0.3) is 0 Å². The van der Waals surface area contributed by atoms with Crippen molar-refractivity contribution in [2.75, 3.05) is 13.2 Å². The molecule has 6 atom stereocenters. The standard InChI is InChI=1S/C18H28O9/c1-16(2)21-8-10(24-16)12-14(27-18(5,6)26-12)13-11-9(22-15(19)23-13)7-20-17(3,4)25-11/h9-14H,7-8H2,1-6H3/t9-,10-,11-,12-,13+,14+/m1/s1. The Kier molecular flexibility index (Phi) is 4.49. The maximum absolute atomic E-state index is 12.0. The lowest BCUT2D eigenvalue weighted by atomic mass is 9.94. The molecular weight excluding hydrogens is 360 g/mol. The molecule has 0 aliphatic carbocycles. The molecule has 0 aromatic carbocycles. The number of fused-ring (bicyclic) bond motifs is 1. The molecule has 9 nitrogen and oxygen atoms in total. The molecule has 4 heterocycles. The molecule has 0 N–H and O–H groups in total. The second-order valence-corrected chi connectivity index (χ2v) is 8.71. The summed E-state index contributed by atoms with van der Waals surface area (Å²) in [5.74, 6) is -2.41. The van der Waals surface area contributed by atoms with Crippen LogP contribution in [0.2, 0.25) is 0 Å². The summed E-state index contributed by atoms with van der Waals surface area (Å²) in [7, 11) is 0. The Labute approximate surface area is 158 Å². The molecule has 0 saturated carbocycles. The SMILES string of the molecule is CC1(C)OC[C@H]2OC(=O)O[C@H]([C@H]3OC(C)(C)O[C@@H]3[C@H]3COC(C)(C)O3)[C@@H]2O1. The Morgan fingerprint density at radius 3 is 1.81 bits per heavy atom. The van der Waals surface area contributed by atoms with Crippen LogP contribution in [0.3, 0.4) is 0 Å². The lowest BCUT2D eigenvalue weighted by molar-refractivity contribution is -0.340. The van der Waals surface area contributed by atoms with Crippen LogP contribution in [0.5, 0.6) is 0 Å². The van der Waals surface area contributed by atoms with Crippen molar-refractivity contribution in [3.05, 3.63) is 0 Å². The molecule has 27 heavy (non-hydrogen) atoms.